The van der Waals surface area contributed by atoms with E-state index < -0.39 is 22.0 Å². The number of hydrogen-bond donors (Lipinski definition) is 0. The second-order valence-corrected chi connectivity index (χ2v) is 11.2. The average Bonchev–Trinajstić information content (AvgIpc) is 3.38. The summed E-state index contributed by atoms with van der Waals surface area (Å²) in [4.78, 5) is 18.1. The Morgan fingerprint density at radius 3 is 2.59 bits per heavy atom. The normalized spacial score (nSPS) is 17.8. The van der Waals surface area contributed by atoms with Gasteiger partial charge in [0.15, 0.2) is 4.80 Å². The van der Waals surface area contributed by atoms with Crippen molar-refractivity contribution in [3.8, 4) is 0 Å². The number of nitrogens with zero attached hydrogens (tertiary/aromatic N) is 3. The van der Waals surface area contributed by atoms with Crippen LogP contribution in [-0.4, -0.2) is 35.8 Å². The number of allylic oxidation sites excluding steroid dienone is 1. The summed E-state index contributed by atoms with van der Waals surface area (Å²) in [6, 6.07) is 9.15. The first-order valence-electron chi connectivity index (χ1n) is 9.99. The van der Waals surface area contributed by atoms with Crippen molar-refractivity contribution in [2.75, 3.05) is 6.54 Å². The lowest BCUT2D eigenvalue weighted by Crippen LogP contribution is -2.40. The van der Waals surface area contributed by atoms with Crippen LogP contribution in [0.1, 0.15) is 18.4 Å². The molecule has 1 fully saturated rings. The summed E-state index contributed by atoms with van der Waals surface area (Å²) >= 11 is 14.0. The zero-order chi connectivity index (χ0) is 23.0. The van der Waals surface area contributed by atoms with Crippen LogP contribution >= 0.6 is 34.5 Å². The van der Waals surface area contributed by atoms with Crippen molar-refractivity contribution < 1.29 is 13.2 Å². The van der Waals surface area contributed by atoms with Crippen LogP contribution in [-0.2, 0) is 21.4 Å². The standard InChI is InChI=1S/C22H21Cl2N3O3S2/c1-3-12-26-19-16(23)10-11-17(24)20(19)31-22(26)25-21(28)18-5-4-13-27(18)32(29,30)15-8-6-14(2)7-9-15/h3,6-11,18H,1,4-5,12-13H2,2H3. The molecule has 1 saturated heterocycles. The molecular weight excluding hydrogens is 489 g/mol. The van der Waals surface area contributed by atoms with Gasteiger partial charge in [-0.25, -0.2) is 8.42 Å². The van der Waals surface area contributed by atoms with Crippen LogP contribution in [0.4, 0.5) is 0 Å². The predicted octanol–water partition coefficient (Wildman–Crippen LogP) is 4.78. The highest BCUT2D eigenvalue weighted by molar-refractivity contribution is 7.89. The fourth-order valence-electron chi connectivity index (χ4n) is 3.78. The largest absolute Gasteiger partial charge is 0.311 e. The van der Waals surface area contributed by atoms with Gasteiger partial charge in [-0.15, -0.1) is 6.58 Å². The summed E-state index contributed by atoms with van der Waals surface area (Å²) in [7, 11) is -3.81. The molecule has 1 atom stereocenters. The molecule has 0 spiro atoms. The minimum atomic E-state index is -3.81. The lowest BCUT2D eigenvalue weighted by molar-refractivity contribution is -0.121. The Labute approximate surface area is 200 Å². The number of thiazole rings is 1. The third kappa shape index (κ3) is 4.18. The molecule has 2 heterocycles. The zero-order valence-electron chi connectivity index (χ0n) is 17.3. The van der Waals surface area contributed by atoms with Crippen molar-refractivity contribution in [2.45, 2.75) is 37.2 Å². The number of fused-ring (bicyclic) bond motifs is 1. The Bertz CT molecular complexity index is 1380. The van der Waals surface area contributed by atoms with Gasteiger partial charge in [-0.3, -0.25) is 4.79 Å². The summed E-state index contributed by atoms with van der Waals surface area (Å²) in [5.74, 6) is -0.505. The Morgan fingerprint density at radius 2 is 1.91 bits per heavy atom. The first-order valence-corrected chi connectivity index (χ1v) is 13.0. The predicted molar refractivity (Wildman–Crippen MR) is 129 cm³/mol. The van der Waals surface area contributed by atoms with Gasteiger partial charge in [0, 0.05) is 13.1 Å². The van der Waals surface area contributed by atoms with E-state index in [0.29, 0.717) is 44.4 Å². The van der Waals surface area contributed by atoms with E-state index in [1.165, 1.54) is 15.6 Å². The first kappa shape index (κ1) is 23.2. The van der Waals surface area contributed by atoms with Crippen molar-refractivity contribution in [1.29, 1.82) is 0 Å². The molecule has 1 aromatic heterocycles. The molecule has 32 heavy (non-hydrogen) atoms. The summed E-state index contributed by atoms with van der Waals surface area (Å²) < 4.78 is 30.1. The van der Waals surface area contributed by atoms with E-state index in [1.807, 2.05) is 6.92 Å². The molecule has 0 saturated carbocycles. The molecule has 2 aromatic carbocycles. The minimum Gasteiger partial charge on any atom is -0.311 e. The fraction of sp³-hybridized carbons (Fsp3) is 0.273. The maximum Gasteiger partial charge on any atom is 0.266 e. The second-order valence-electron chi connectivity index (χ2n) is 7.53. The van der Waals surface area contributed by atoms with E-state index >= 15 is 0 Å². The summed E-state index contributed by atoms with van der Waals surface area (Å²) in [5.41, 5.74) is 1.63. The average molecular weight is 510 g/mol. The highest BCUT2D eigenvalue weighted by Gasteiger charge is 2.39. The third-order valence-corrected chi connectivity index (χ3v) is 9.13. The van der Waals surface area contributed by atoms with E-state index in [-0.39, 0.29) is 11.4 Å². The smallest absolute Gasteiger partial charge is 0.266 e. The van der Waals surface area contributed by atoms with E-state index in [2.05, 4.69) is 11.6 Å². The molecule has 0 radical (unpaired) electrons. The molecule has 3 aromatic rings. The van der Waals surface area contributed by atoms with Gasteiger partial charge in [0.05, 0.1) is 25.2 Å². The van der Waals surface area contributed by atoms with Gasteiger partial charge >= 0.3 is 0 Å². The monoisotopic (exact) mass is 509 g/mol. The molecule has 1 amide bonds. The highest BCUT2D eigenvalue weighted by Crippen LogP contribution is 2.32. The van der Waals surface area contributed by atoms with Gasteiger partial charge in [0.2, 0.25) is 10.0 Å². The summed E-state index contributed by atoms with van der Waals surface area (Å²) in [6.45, 7) is 6.31. The van der Waals surface area contributed by atoms with Crippen LogP contribution in [0.25, 0.3) is 10.2 Å². The lowest BCUT2D eigenvalue weighted by atomic mass is 10.2. The second kappa shape index (κ2) is 9.11. The van der Waals surface area contributed by atoms with E-state index in [1.54, 1.807) is 47.0 Å². The number of aryl methyl sites for hydroxylation is 1. The number of carbonyl (C=O) groups is 1. The van der Waals surface area contributed by atoms with Crippen molar-refractivity contribution in [1.82, 2.24) is 8.87 Å². The first-order chi connectivity index (χ1) is 15.2. The topological polar surface area (TPSA) is 71.7 Å². The molecule has 1 aliphatic heterocycles. The third-order valence-electron chi connectivity index (χ3n) is 5.36. The maximum atomic E-state index is 13.2. The highest BCUT2D eigenvalue weighted by atomic mass is 35.5. The Morgan fingerprint density at radius 1 is 1.22 bits per heavy atom. The van der Waals surface area contributed by atoms with Crippen LogP contribution in [0.15, 0.2) is 58.9 Å². The number of rotatable bonds is 5. The number of amides is 1. The zero-order valence-corrected chi connectivity index (χ0v) is 20.4. The van der Waals surface area contributed by atoms with Gasteiger partial charge in [-0.1, -0.05) is 58.3 Å². The molecule has 6 nitrogen and oxygen atoms in total. The van der Waals surface area contributed by atoms with Gasteiger partial charge in [-0.05, 0) is 44.0 Å². The number of aromatic nitrogens is 1. The van der Waals surface area contributed by atoms with Crippen molar-refractivity contribution >= 4 is 60.7 Å². The summed E-state index contributed by atoms with van der Waals surface area (Å²) in [5, 5.41) is 0.992. The quantitative estimate of drug-likeness (QED) is 0.464. The van der Waals surface area contributed by atoms with Crippen LogP contribution in [0.5, 0.6) is 0 Å². The number of halogens is 2. The van der Waals surface area contributed by atoms with Gasteiger partial charge in [0.1, 0.15) is 6.04 Å². The van der Waals surface area contributed by atoms with Crippen LogP contribution < -0.4 is 4.80 Å². The molecule has 168 valence electrons. The van der Waals surface area contributed by atoms with Gasteiger partial charge in [0.25, 0.3) is 5.91 Å². The van der Waals surface area contributed by atoms with Gasteiger partial charge < -0.3 is 4.57 Å². The van der Waals surface area contributed by atoms with Crippen molar-refractivity contribution in [3.05, 3.63) is 69.5 Å². The van der Waals surface area contributed by atoms with E-state index in [4.69, 9.17) is 23.2 Å². The number of carbonyl (C=O) groups excluding carboxylic acids is 1. The van der Waals surface area contributed by atoms with Crippen LogP contribution in [0.2, 0.25) is 10.0 Å². The summed E-state index contributed by atoms with van der Waals surface area (Å²) in [6.07, 6.45) is 2.69. The minimum absolute atomic E-state index is 0.171. The van der Waals surface area contributed by atoms with Crippen molar-refractivity contribution in [3.63, 3.8) is 0 Å². The lowest BCUT2D eigenvalue weighted by Gasteiger charge is -2.21. The van der Waals surface area contributed by atoms with E-state index in [0.717, 1.165) is 5.56 Å². The number of sulfonamides is 1. The molecule has 0 N–H and O–H groups in total. The molecule has 4 rings (SSSR count). The molecule has 1 aliphatic rings. The fourth-order valence-corrected chi connectivity index (χ4v) is 7.10. The molecule has 0 bridgehead atoms. The SMILES string of the molecule is C=CCn1c(=NC(=O)C2CCCN2S(=O)(=O)c2ccc(C)cc2)sc2c(Cl)ccc(Cl)c21. The maximum absolute atomic E-state index is 13.2. The molecule has 1 unspecified atom stereocenters. The number of hydrogen-bond acceptors (Lipinski definition) is 4. The molecular formula is C22H21Cl2N3O3S2. The Balaban J connectivity index is 1.76. The van der Waals surface area contributed by atoms with E-state index in [9.17, 15) is 13.2 Å². The van der Waals surface area contributed by atoms with Crippen LogP contribution in [0, 0.1) is 6.92 Å². The van der Waals surface area contributed by atoms with Gasteiger partial charge in [-0.2, -0.15) is 9.30 Å². The molecule has 10 heteroatoms. The Kier molecular flexibility index (Phi) is 6.61. The Hall–Kier alpha value is -1.97. The molecule has 0 aliphatic carbocycles. The number of benzene rings is 2. The van der Waals surface area contributed by atoms with Crippen LogP contribution in [0.3, 0.4) is 0 Å². The van der Waals surface area contributed by atoms with Crippen molar-refractivity contribution in [2.24, 2.45) is 4.99 Å².